The van der Waals surface area contributed by atoms with E-state index in [-0.39, 0.29) is 17.1 Å². The van der Waals surface area contributed by atoms with Crippen molar-refractivity contribution in [2.24, 2.45) is 5.92 Å². The number of thiophene rings is 1. The summed E-state index contributed by atoms with van der Waals surface area (Å²) in [7, 11) is 0. The first kappa shape index (κ1) is 24.1. The van der Waals surface area contributed by atoms with E-state index in [1.54, 1.807) is 6.07 Å². The SMILES string of the molecule is Cc1ccccc1C(=O)Nc1cccc(SC(C)C(=O)Nc2sc3c(c2C#N)CCC(C)C3)c1. The third-order valence-electron chi connectivity index (χ3n) is 6.02. The Morgan fingerprint density at radius 1 is 1.18 bits per heavy atom. The molecule has 0 bridgehead atoms. The van der Waals surface area contributed by atoms with Crippen LogP contribution in [-0.4, -0.2) is 17.1 Å². The highest BCUT2D eigenvalue weighted by Crippen LogP contribution is 2.39. The second kappa shape index (κ2) is 10.5. The van der Waals surface area contributed by atoms with Gasteiger partial charge in [-0.25, -0.2) is 0 Å². The van der Waals surface area contributed by atoms with Crippen LogP contribution in [0.5, 0.6) is 0 Å². The number of amides is 2. The average Bonchev–Trinajstić information content (AvgIpc) is 3.15. The highest BCUT2D eigenvalue weighted by molar-refractivity contribution is 8.00. The van der Waals surface area contributed by atoms with Crippen LogP contribution in [0.4, 0.5) is 10.7 Å². The Kier molecular flexibility index (Phi) is 7.40. The van der Waals surface area contributed by atoms with Crippen LogP contribution in [0.2, 0.25) is 0 Å². The van der Waals surface area contributed by atoms with E-state index >= 15 is 0 Å². The third kappa shape index (κ3) is 5.35. The minimum absolute atomic E-state index is 0.137. The number of carbonyl (C=O) groups is 2. The van der Waals surface area contributed by atoms with E-state index in [1.165, 1.54) is 28.0 Å². The van der Waals surface area contributed by atoms with Gasteiger partial charge in [0.1, 0.15) is 11.1 Å². The molecular weight excluding hydrogens is 462 g/mol. The molecule has 0 fully saturated rings. The van der Waals surface area contributed by atoms with Crippen LogP contribution in [-0.2, 0) is 17.6 Å². The molecule has 0 aliphatic heterocycles. The number of anilines is 2. The number of fused-ring (bicyclic) bond motifs is 1. The lowest BCUT2D eigenvalue weighted by Crippen LogP contribution is -2.22. The minimum atomic E-state index is -0.369. The molecule has 2 aromatic carbocycles. The first-order valence-corrected chi connectivity index (χ1v) is 13.0. The molecule has 0 saturated carbocycles. The van der Waals surface area contributed by atoms with E-state index in [0.29, 0.717) is 27.7 Å². The standard InChI is InChI=1S/C27H27N3O2S2/c1-16-11-12-22-23(15-28)27(34-24(22)13-16)30-25(31)18(3)33-20-9-6-8-19(14-20)29-26(32)21-10-5-4-7-17(21)2/h4-10,14,16,18H,11-13H2,1-3H3,(H,29,32)(H,30,31). The molecule has 2 N–H and O–H groups in total. The largest absolute Gasteiger partial charge is 0.322 e. The van der Waals surface area contributed by atoms with E-state index in [4.69, 9.17) is 0 Å². The van der Waals surface area contributed by atoms with E-state index in [1.807, 2.05) is 56.3 Å². The number of benzene rings is 2. The van der Waals surface area contributed by atoms with Crippen molar-refractivity contribution in [1.29, 1.82) is 5.26 Å². The molecule has 7 heteroatoms. The molecule has 1 heterocycles. The van der Waals surface area contributed by atoms with Crippen molar-refractivity contribution in [1.82, 2.24) is 0 Å². The van der Waals surface area contributed by atoms with E-state index in [2.05, 4.69) is 23.6 Å². The summed E-state index contributed by atoms with van der Waals surface area (Å²) in [4.78, 5) is 27.7. The predicted octanol–water partition coefficient (Wildman–Crippen LogP) is 6.42. The Morgan fingerprint density at radius 3 is 2.74 bits per heavy atom. The maximum atomic E-state index is 12.9. The lowest BCUT2D eigenvalue weighted by Gasteiger charge is -2.17. The highest BCUT2D eigenvalue weighted by Gasteiger charge is 2.26. The van der Waals surface area contributed by atoms with Gasteiger partial charge in [-0.05, 0) is 74.4 Å². The van der Waals surface area contributed by atoms with Crippen molar-refractivity contribution in [3.63, 3.8) is 0 Å². The molecule has 0 radical (unpaired) electrons. The van der Waals surface area contributed by atoms with Crippen LogP contribution in [0.1, 0.15) is 52.2 Å². The summed E-state index contributed by atoms with van der Waals surface area (Å²) in [5.41, 5.74) is 3.96. The van der Waals surface area contributed by atoms with Crippen LogP contribution in [0.3, 0.4) is 0 Å². The Bertz CT molecular complexity index is 1280. The van der Waals surface area contributed by atoms with Gasteiger partial charge < -0.3 is 10.6 Å². The molecule has 2 unspecified atom stereocenters. The summed E-state index contributed by atoms with van der Waals surface area (Å²) in [6.45, 7) is 5.98. The molecule has 2 amide bonds. The number of nitrogens with zero attached hydrogens (tertiary/aromatic N) is 1. The van der Waals surface area contributed by atoms with Crippen LogP contribution in [0.25, 0.3) is 0 Å². The topological polar surface area (TPSA) is 82.0 Å². The average molecular weight is 490 g/mol. The van der Waals surface area contributed by atoms with Gasteiger partial charge >= 0.3 is 0 Å². The number of nitrogens with one attached hydrogen (secondary N) is 2. The summed E-state index contributed by atoms with van der Waals surface area (Å²) in [5.74, 6) is 0.308. The lowest BCUT2D eigenvalue weighted by molar-refractivity contribution is -0.115. The zero-order chi connectivity index (χ0) is 24.2. The first-order valence-electron chi connectivity index (χ1n) is 11.3. The monoisotopic (exact) mass is 489 g/mol. The normalized spacial score (nSPS) is 15.6. The van der Waals surface area contributed by atoms with Crippen LogP contribution in [0, 0.1) is 24.2 Å². The summed E-state index contributed by atoms with van der Waals surface area (Å²) < 4.78 is 0. The van der Waals surface area contributed by atoms with Gasteiger partial charge in [0.2, 0.25) is 5.91 Å². The maximum Gasteiger partial charge on any atom is 0.255 e. The van der Waals surface area contributed by atoms with Gasteiger partial charge in [-0.15, -0.1) is 23.1 Å². The Labute approximate surface area is 208 Å². The van der Waals surface area contributed by atoms with Crippen molar-refractivity contribution in [2.75, 3.05) is 10.6 Å². The molecule has 1 aliphatic carbocycles. The summed E-state index contributed by atoms with van der Waals surface area (Å²) in [6.07, 6.45) is 2.95. The highest BCUT2D eigenvalue weighted by atomic mass is 32.2. The number of thioether (sulfide) groups is 1. The molecule has 174 valence electrons. The van der Waals surface area contributed by atoms with Crippen molar-refractivity contribution < 1.29 is 9.59 Å². The quantitative estimate of drug-likeness (QED) is 0.391. The van der Waals surface area contributed by atoms with E-state index < -0.39 is 0 Å². The molecule has 0 spiro atoms. The van der Waals surface area contributed by atoms with Crippen molar-refractivity contribution in [2.45, 2.75) is 50.2 Å². The van der Waals surface area contributed by atoms with Crippen molar-refractivity contribution in [3.8, 4) is 6.07 Å². The fourth-order valence-corrected chi connectivity index (χ4v) is 6.39. The summed E-state index contributed by atoms with van der Waals surface area (Å²) >= 11 is 2.96. The molecule has 34 heavy (non-hydrogen) atoms. The second-order valence-corrected chi connectivity index (χ2v) is 11.2. The summed E-state index contributed by atoms with van der Waals surface area (Å²) in [6, 6.07) is 17.2. The minimum Gasteiger partial charge on any atom is -0.322 e. The fourth-order valence-electron chi connectivity index (χ4n) is 4.10. The van der Waals surface area contributed by atoms with Gasteiger partial charge in [-0.3, -0.25) is 9.59 Å². The molecule has 5 nitrogen and oxygen atoms in total. The number of hydrogen-bond donors (Lipinski definition) is 2. The molecule has 2 atom stereocenters. The predicted molar refractivity (Wildman–Crippen MR) is 140 cm³/mol. The zero-order valence-electron chi connectivity index (χ0n) is 19.5. The molecule has 1 aliphatic rings. The van der Waals surface area contributed by atoms with Gasteiger partial charge in [-0.2, -0.15) is 5.26 Å². The maximum absolute atomic E-state index is 12.9. The second-order valence-electron chi connectivity index (χ2n) is 8.71. The first-order chi connectivity index (χ1) is 16.4. The van der Waals surface area contributed by atoms with E-state index in [9.17, 15) is 14.9 Å². The smallest absolute Gasteiger partial charge is 0.255 e. The molecular formula is C27H27N3O2S2. The van der Waals surface area contributed by atoms with Gasteiger partial charge in [0, 0.05) is 21.0 Å². The van der Waals surface area contributed by atoms with Gasteiger partial charge in [0.05, 0.1) is 10.8 Å². The number of nitriles is 1. The Hall–Kier alpha value is -3.08. The van der Waals surface area contributed by atoms with Gasteiger partial charge in [-0.1, -0.05) is 31.2 Å². The summed E-state index contributed by atoms with van der Waals surface area (Å²) in [5, 5.41) is 15.9. The van der Waals surface area contributed by atoms with Crippen molar-refractivity contribution >= 4 is 45.6 Å². The Morgan fingerprint density at radius 2 is 1.97 bits per heavy atom. The number of carbonyl (C=O) groups excluding carboxylic acids is 2. The lowest BCUT2D eigenvalue weighted by atomic mass is 9.89. The van der Waals surface area contributed by atoms with E-state index in [0.717, 1.165) is 35.3 Å². The number of aryl methyl sites for hydroxylation is 1. The fraction of sp³-hybridized carbons (Fsp3) is 0.296. The van der Waals surface area contributed by atoms with Gasteiger partial charge in [0.25, 0.3) is 5.91 Å². The van der Waals surface area contributed by atoms with Gasteiger partial charge in [0.15, 0.2) is 0 Å². The number of rotatable bonds is 6. The Balaban J connectivity index is 1.42. The molecule has 1 aromatic heterocycles. The molecule has 3 aromatic rings. The zero-order valence-corrected chi connectivity index (χ0v) is 21.1. The molecule has 0 saturated heterocycles. The molecule has 4 rings (SSSR count). The van der Waals surface area contributed by atoms with Crippen LogP contribution < -0.4 is 10.6 Å². The van der Waals surface area contributed by atoms with Crippen LogP contribution in [0.15, 0.2) is 53.4 Å². The third-order valence-corrected chi connectivity index (χ3v) is 8.29. The number of hydrogen-bond acceptors (Lipinski definition) is 5. The van der Waals surface area contributed by atoms with Crippen molar-refractivity contribution in [3.05, 3.63) is 75.7 Å². The van der Waals surface area contributed by atoms with Crippen LogP contribution >= 0.6 is 23.1 Å².